The largest absolute Gasteiger partial charge is 0.465 e. The van der Waals surface area contributed by atoms with E-state index in [-0.39, 0.29) is 17.9 Å². The summed E-state index contributed by atoms with van der Waals surface area (Å²) in [4.78, 5) is 26.1. The number of amides is 1. The number of thioether (sulfide) groups is 1. The summed E-state index contributed by atoms with van der Waals surface area (Å²) < 4.78 is 5.25. The number of methoxy groups -OCH3 is 1. The molecule has 1 saturated heterocycles. The fourth-order valence-corrected chi connectivity index (χ4v) is 3.49. The molecule has 1 heterocycles. The summed E-state index contributed by atoms with van der Waals surface area (Å²) >= 11 is 6.60. The number of carbonyl (C=O) groups is 2. The Hall–Kier alpha value is -1.66. The normalized spacial score (nSPS) is 18.0. The summed E-state index contributed by atoms with van der Waals surface area (Å²) in [7, 11) is 1.34. The van der Waals surface area contributed by atoms with Crippen molar-refractivity contribution >= 4 is 46.3 Å². The van der Waals surface area contributed by atoms with Crippen molar-refractivity contribution < 1.29 is 14.3 Å². The van der Waals surface area contributed by atoms with Gasteiger partial charge in [-0.25, -0.2) is 4.79 Å². The molecule has 0 N–H and O–H groups in total. The van der Waals surface area contributed by atoms with Crippen LogP contribution in [0.25, 0.3) is 6.08 Å². The highest BCUT2D eigenvalue weighted by atomic mass is 32.2. The number of carbonyl (C=O) groups excluding carboxylic acids is 2. The Kier molecular flexibility index (Phi) is 5.37. The summed E-state index contributed by atoms with van der Waals surface area (Å²) in [6.45, 7) is 4.01. The van der Waals surface area contributed by atoms with Gasteiger partial charge in [0.2, 0.25) is 0 Å². The number of esters is 1. The Balaban J connectivity index is 2.21. The van der Waals surface area contributed by atoms with Crippen LogP contribution in [0.3, 0.4) is 0 Å². The van der Waals surface area contributed by atoms with Crippen LogP contribution in [0.15, 0.2) is 29.2 Å². The van der Waals surface area contributed by atoms with Crippen molar-refractivity contribution in [2.24, 2.45) is 0 Å². The molecule has 0 radical (unpaired) electrons. The molecule has 4 nitrogen and oxygen atoms in total. The minimum Gasteiger partial charge on any atom is -0.465 e. The third-order valence-electron chi connectivity index (χ3n) is 3.48. The minimum atomic E-state index is -0.380. The molecule has 0 aromatic heterocycles. The molecule has 1 fully saturated rings. The molecule has 6 heteroatoms. The molecule has 1 aromatic rings. The highest BCUT2D eigenvalue weighted by Gasteiger charge is 2.34. The summed E-state index contributed by atoms with van der Waals surface area (Å²) in [6, 6.07) is 7.00. The van der Waals surface area contributed by atoms with E-state index < -0.39 is 0 Å². The summed E-state index contributed by atoms with van der Waals surface area (Å²) in [6.07, 6.45) is 2.65. The maximum absolute atomic E-state index is 12.4. The van der Waals surface area contributed by atoms with Gasteiger partial charge in [0.25, 0.3) is 5.91 Å². The SMILES string of the molecule is CC[C@@H](C)N1C(=O)/C(=C/c2ccc(C(=O)OC)cc2)SC1=S. The third-order valence-corrected chi connectivity index (χ3v) is 4.82. The molecule has 22 heavy (non-hydrogen) atoms. The predicted octanol–water partition coefficient (Wildman–Crippen LogP) is 3.47. The Morgan fingerprint density at radius 2 is 2.05 bits per heavy atom. The topological polar surface area (TPSA) is 46.6 Å². The lowest BCUT2D eigenvalue weighted by Gasteiger charge is -2.21. The van der Waals surface area contributed by atoms with Gasteiger partial charge in [-0.05, 0) is 37.1 Å². The van der Waals surface area contributed by atoms with Gasteiger partial charge < -0.3 is 4.74 Å². The van der Waals surface area contributed by atoms with Crippen molar-refractivity contribution in [2.45, 2.75) is 26.3 Å². The summed E-state index contributed by atoms with van der Waals surface area (Å²) in [5.41, 5.74) is 1.32. The van der Waals surface area contributed by atoms with E-state index in [1.54, 1.807) is 35.2 Å². The van der Waals surface area contributed by atoms with Crippen molar-refractivity contribution in [3.05, 3.63) is 40.3 Å². The van der Waals surface area contributed by atoms with Gasteiger partial charge in [0.05, 0.1) is 17.6 Å². The Morgan fingerprint density at radius 3 is 2.59 bits per heavy atom. The number of benzene rings is 1. The zero-order valence-corrected chi connectivity index (χ0v) is 14.3. The Bertz CT molecular complexity index is 637. The first-order valence-corrected chi connectivity index (χ1v) is 8.15. The van der Waals surface area contributed by atoms with Crippen LogP contribution < -0.4 is 0 Å². The molecule has 1 aliphatic rings. The second-order valence-electron chi connectivity index (χ2n) is 4.92. The first-order valence-electron chi connectivity index (χ1n) is 6.93. The molecule has 0 saturated carbocycles. The minimum absolute atomic E-state index is 0.0543. The van der Waals surface area contributed by atoms with Gasteiger partial charge in [0.15, 0.2) is 0 Å². The van der Waals surface area contributed by atoms with Gasteiger partial charge in [0.1, 0.15) is 4.32 Å². The van der Waals surface area contributed by atoms with Crippen molar-refractivity contribution in [2.75, 3.05) is 7.11 Å². The molecule has 1 aliphatic heterocycles. The van der Waals surface area contributed by atoms with E-state index in [1.165, 1.54) is 18.9 Å². The standard InChI is InChI=1S/C16H17NO3S2/c1-4-10(2)17-14(18)13(22-16(17)21)9-11-5-7-12(8-6-11)15(19)20-3/h5-10H,4H2,1-3H3/b13-9-/t10-/m1/s1. The van der Waals surface area contributed by atoms with E-state index >= 15 is 0 Å². The van der Waals surface area contributed by atoms with Crippen LogP contribution in [-0.2, 0) is 9.53 Å². The van der Waals surface area contributed by atoms with E-state index in [4.69, 9.17) is 12.2 Å². The lowest BCUT2D eigenvalue weighted by atomic mass is 10.1. The van der Waals surface area contributed by atoms with Crippen molar-refractivity contribution in [3.8, 4) is 0 Å². The highest BCUT2D eigenvalue weighted by Crippen LogP contribution is 2.34. The van der Waals surface area contributed by atoms with Crippen LogP contribution in [0.1, 0.15) is 36.2 Å². The number of thiocarbonyl (C=S) groups is 1. The van der Waals surface area contributed by atoms with Crippen molar-refractivity contribution in [1.29, 1.82) is 0 Å². The van der Waals surface area contributed by atoms with Crippen LogP contribution in [0.2, 0.25) is 0 Å². The maximum atomic E-state index is 12.4. The molecule has 0 aliphatic carbocycles. The quantitative estimate of drug-likeness (QED) is 0.479. The van der Waals surface area contributed by atoms with Crippen LogP contribution in [-0.4, -0.2) is 34.2 Å². The molecular weight excluding hydrogens is 318 g/mol. The molecule has 2 rings (SSSR count). The summed E-state index contributed by atoms with van der Waals surface area (Å²) in [5, 5.41) is 0. The van der Waals surface area contributed by atoms with Crippen LogP contribution in [0.5, 0.6) is 0 Å². The van der Waals surface area contributed by atoms with Gasteiger partial charge in [-0.2, -0.15) is 0 Å². The van der Waals surface area contributed by atoms with E-state index in [2.05, 4.69) is 4.74 Å². The number of hydrogen-bond acceptors (Lipinski definition) is 5. The van der Waals surface area contributed by atoms with E-state index in [0.717, 1.165) is 12.0 Å². The van der Waals surface area contributed by atoms with Gasteiger partial charge in [-0.1, -0.05) is 43.0 Å². The lowest BCUT2D eigenvalue weighted by molar-refractivity contribution is -0.123. The first kappa shape index (κ1) is 16.7. The number of ether oxygens (including phenoxy) is 1. The van der Waals surface area contributed by atoms with Crippen LogP contribution >= 0.6 is 24.0 Å². The lowest BCUT2D eigenvalue weighted by Crippen LogP contribution is -2.36. The van der Waals surface area contributed by atoms with E-state index in [9.17, 15) is 9.59 Å². The molecule has 116 valence electrons. The van der Waals surface area contributed by atoms with Gasteiger partial charge in [-0.15, -0.1) is 0 Å². The zero-order valence-electron chi connectivity index (χ0n) is 12.7. The second-order valence-corrected chi connectivity index (χ2v) is 6.60. The molecule has 0 bridgehead atoms. The fraction of sp³-hybridized carbons (Fsp3) is 0.312. The monoisotopic (exact) mass is 335 g/mol. The van der Waals surface area contributed by atoms with Gasteiger partial charge in [0, 0.05) is 6.04 Å². The van der Waals surface area contributed by atoms with Crippen LogP contribution in [0.4, 0.5) is 0 Å². The number of hydrogen-bond donors (Lipinski definition) is 0. The molecular formula is C16H17NO3S2. The average molecular weight is 335 g/mol. The molecule has 0 unspecified atom stereocenters. The zero-order chi connectivity index (χ0) is 16.3. The molecule has 0 spiro atoms. The number of nitrogens with zero attached hydrogens (tertiary/aromatic N) is 1. The average Bonchev–Trinajstić information content (AvgIpc) is 2.80. The number of rotatable bonds is 4. The second kappa shape index (κ2) is 7.07. The van der Waals surface area contributed by atoms with Gasteiger partial charge >= 0.3 is 5.97 Å². The highest BCUT2D eigenvalue weighted by molar-refractivity contribution is 8.26. The molecule has 1 amide bonds. The summed E-state index contributed by atoms with van der Waals surface area (Å²) in [5.74, 6) is -0.434. The Labute approximate surface area is 139 Å². The van der Waals surface area contributed by atoms with Crippen molar-refractivity contribution in [3.63, 3.8) is 0 Å². The van der Waals surface area contributed by atoms with E-state index in [0.29, 0.717) is 14.8 Å². The molecule has 1 atom stereocenters. The predicted molar refractivity (Wildman–Crippen MR) is 92.5 cm³/mol. The first-order chi connectivity index (χ1) is 10.5. The van der Waals surface area contributed by atoms with E-state index in [1.807, 2.05) is 13.8 Å². The van der Waals surface area contributed by atoms with Crippen LogP contribution in [0, 0.1) is 0 Å². The van der Waals surface area contributed by atoms with Gasteiger partial charge in [-0.3, -0.25) is 9.69 Å². The molecule has 1 aromatic carbocycles. The third kappa shape index (κ3) is 3.39. The fourth-order valence-electron chi connectivity index (χ4n) is 2.03. The maximum Gasteiger partial charge on any atom is 0.337 e. The smallest absolute Gasteiger partial charge is 0.337 e. The van der Waals surface area contributed by atoms with Crippen molar-refractivity contribution in [1.82, 2.24) is 4.90 Å². The Morgan fingerprint density at radius 1 is 1.41 bits per heavy atom.